The molecule has 0 N–H and O–H groups in total. The number of non-ortho nitro benzene ring substituents is 1. The van der Waals surface area contributed by atoms with Gasteiger partial charge in [0.25, 0.3) is 5.69 Å². The van der Waals surface area contributed by atoms with Gasteiger partial charge in [0.05, 0.1) is 34.8 Å². The number of carbonyl (C=O) groups excluding carboxylic acids is 3. The van der Waals surface area contributed by atoms with Crippen LogP contribution >= 0.6 is 23.1 Å². The van der Waals surface area contributed by atoms with Crippen molar-refractivity contribution in [3.63, 3.8) is 0 Å². The maximum absolute atomic E-state index is 14.1. The molecule has 3 atom stereocenters. The summed E-state index contributed by atoms with van der Waals surface area (Å²) >= 11 is 2.15. The number of fused-ring (bicyclic) bond motifs is 2. The SMILES string of the molecule is CCN(CC)c1ccc([C@@H]2c3sc(=O)n(CC(=O)N4CCOCC4)c3S[C@H]3C(=O)N(c4ccc([N+](=O)[O-])cc4)C(=O)[C@@H]23)cc1. The molecule has 12 nitrogen and oxygen atoms in total. The van der Waals surface area contributed by atoms with E-state index in [1.807, 2.05) is 24.3 Å². The Morgan fingerprint density at radius 2 is 1.66 bits per heavy atom. The molecule has 2 aromatic carbocycles. The molecule has 0 radical (unpaired) electrons. The Bertz CT molecular complexity index is 1660. The number of morpholine rings is 1. The molecule has 0 bridgehead atoms. The number of aromatic nitrogens is 1. The molecule has 3 aliphatic rings. The summed E-state index contributed by atoms with van der Waals surface area (Å²) in [5, 5.41) is 10.9. The number of nitro benzene ring substituents is 1. The minimum absolute atomic E-state index is 0.151. The Kier molecular flexibility index (Phi) is 8.31. The first-order valence-corrected chi connectivity index (χ1v) is 16.2. The molecule has 6 rings (SSSR count). The van der Waals surface area contributed by atoms with Crippen molar-refractivity contribution in [3.8, 4) is 0 Å². The highest BCUT2D eigenvalue weighted by atomic mass is 32.2. The van der Waals surface area contributed by atoms with Crippen molar-refractivity contribution < 1.29 is 24.0 Å². The minimum atomic E-state index is -0.851. The lowest BCUT2D eigenvalue weighted by molar-refractivity contribution is -0.384. The van der Waals surface area contributed by atoms with Crippen LogP contribution in [0.3, 0.4) is 0 Å². The first kappa shape index (κ1) is 30.0. The number of nitrogens with zero attached hydrogens (tertiary/aromatic N) is 5. The average Bonchev–Trinajstić information content (AvgIpc) is 3.48. The van der Waals surface area contributed by atoms with Gasteiger partial charge in [0.2, 0.25) is 17.7 Å². The molecule has 3 amide bonds. The number of anilines is 2. The summed E-state index contributed by atoms with van der Waals surface area (Å²) in [7, 11) is 0. The van der Waals surface area contributed by atoms with Crippen molar-refractivity contribution >= 4 is 57.9 Å². The van der Waals surface area contributed by atoms with Crippen LogP contribution in [-0.2, 0) is 25.7 Å². The molecule has 44 heavy (non-hydrogen) atoms. The molecule has 0 aliphatic carbocycles. The van der Waals surface area contributed by atoms with Gasteiger partial charge in [0.15, 0.2) is 0 Å². The van der Waals surface area contributed by atoms with Gasteiger partial charge >= 0.3 is 4.87 Å². The maximum Gasteiger partial charge on any atom is 0.308 e. The molecule has 3 aliphatic heterocycles. The van der Waals surface area contributed by atoms with Crippen molar-refractivity contribution in [1.82, 2.24) is 9.47 Å². The van der Waals surface area contributed by atoms with Crippen LogP contribution in [0, 0.1) is 16.0 Å². The summed E-state index contributed by atoms with van der Waals surface area (Å²) in [5.41, 5.74) is 1.90. The second kappa shape index (κ2) is 12.2. The highest BCUT2D eigenvalue weighted by Gasteiger charge is 2.57. The van der Waals surface area contributed by atoms with Crippen molar-refractivity contribution in [2.75, 3.05) is 49.2 Å². The predicted molar refractivity (Wildman–Crippen MR) is 167 cm³/mol. The highest BCUT2D eigenvalue weighted by molar-refractivity contribution is 8.00. The smallest absolute Gasteiger partial charge is 0.308 e. The number of amides is 3. The summed E-state index contributed by atoms with van der Waals surface area (Å²) in [6.07, 6.45) is 0. The monoisotopic (exact) mass is 637 g/mol. The van der Waals surface area contributed by atoms with Crippen LogP contribution in [0.2, 0.25) is 0 Å². The topological polar surface area (TPSA) is 135 Å². The lowest BCUT2D eigenvalue weighted by atomic mass is 9.83. The summed E-state index contributed by atoms with van der Waals surface area (Å²) < 4.78 is 6.79. The Balaban J connectivity index is 1.42. The van der Waals surface area contributed by atoms with E-state index in [4.69, 9.17) is 4.74 Å². The number of thioether (sulfide) groups is 1. The third-order valence-corrected chi connectivity index (χ3v) is 11.0. The van der Waals surface area contributed by atoms with Gasteiger partial charge in [-0.3, -0.25) is 33.9 Å². The number of hydrogen-bond acceptors (Lipinski definition) is 10. The van der Waals surface area contributed by atoms with E-state index in [9.17, 15) is 29.3 Å². The van der Waals surface area contributed by atoms with Crippen LogP contribution in [0.4, 0.5) is 17.1 Å². The number of carbonyl (C=O) groups is 3. The summed E-state index contributed by atoms with van der Waals surface area (Å²) in [6.45, 7) is 7.36. The van der Waals surface area contributed by atoms with Crippen LogP contribution in [-0.4, -0.2) is 76.8 Å². The number of rotatable bonds is 8. The number of benzene rings is 2. The van der Waals surface area contributed by atoms with E-state index in [0.29, 0.717) is 36.2 Å². The van der Waals surface area contributed by atoms with E-state index < -0.39 is 33.8 Å². The zero-order chi connectivity index (χ0) is 31.1. The van der Waals surface area contributed by atoms with Crippen LogP contribution in [0.25, 0.3) is 0 Å². The number of thiazole rings is 1. The minimum Gasteiger partial charge on any atom is -0.378 e. The quantitative estimate of drug-likeness (QED) is 0.207. The normalized spacial score (nSPS) is 21.3. The largest absolute Gasteiger partial charge is 0.378 e. The second-order valence-corrected chi connectivity index (χ2v) is 12.8. The number of nitro groups is 1. The van der Waals surface area contributed by atoms with Gasteiger partial charge in [-0.2, -0.15) is 0 Å². The van der Waals surface area contributed by atoms with Gasteiger partial charge in [-0.05, 0) is 43.7 Å². The van der Waals surface area contributed by atoms with Gasteiger partial charge in [-0.25, -0.2) is 4.90 Å². The van der Waals surface area contributed by atoms with Crippen molar-refractivity contribution in [1.29, 1.82) is 0 Å². The molecular formula is C30H31N5O7S2. The molecule has 2 saturated heterocycles. The van der Waals surface area contributed by atoms with E-state index in [1.54, 1.807) is 4.90 Å². The summed E-state index contributed by atoms with van der Waals surface area (Å²) in [4.78, 5) is 70.6. The highest BCUT2D eigenvalue weighted by Crippen LogP contribution is 2.54. The standard InChI is InChI=1S/C30H31N5O7S2/c1-3-31(4-2)19-7-5-18(6-8-19)23-24-25(28(38)34(27(24)37)20-9-11-21(12-10-20)35(40)41)43-29-26(23)44-30(39)33(29)17-22(36)32-13-15-42-16-14-32/h5-12,23-25H,3-4,13-17H2,1-2H3/t23-,24-,25+/m0/s1. The fraction of sp³-hybridized carbons (Fsp3) is 0.400. The third-order valence-electron chi connectivity index (χ3n) is 8.41. The predicted octanol–water partition coefficient (Wildman–Crippen LogP) is 3.32. The number of ether oxygens (including phenoxy) is 1. The number of imide groups is 1. The van der Waals surface area contributed by atoms with Crippen LogP contribution in [0.15, 0.2) is 58.4 Å². The Morgan fingerprint density at radius 3 is 2.27 bits per heavy atom. The zero-order valence-electron chi connectivity index (χ0n) is 24.2. The average molecular weight is 638 g/mol. The third kappa shape index (κ3) is 5.20. The lowest BCUT2D eigenvalue weighted by Crippen LogP contribution is -2.43. The first-order valence-electron chi connectivity index (χ1n) is 14.5. The van der Waals surface area contributed by atoms with Crippen molar-refractivity contribution in [2.24, 2.45) is 5.92 Å². The molecule has 0 spiro atoms. The van der Waals surface area contributed by atoms with E-state index >= 15 is 0 Å². The molecule has 3 aromatic rings. The first-order chi connectivity index (χ1) is 21.2. The number of hydrogen-bond donors (Lipinski definition) is 0. The molecule has 230 valence electrons. The van der Waals surface area contributed by atoms with Crippen molar-refractivity contribution in [2.45, 2.75) is 36.6 Å². The van der Waals surface area contributed by atoms with E-state index in [-0.39, 0.29) is 28.7 Å². The molecule has 0 saturated carbocycles. The molecule has 4 heterocycles. The Hall–Kier alpha value is -4.01. The summed E-state index contributed by atoms with van der Waals surface area (Å²) in [5.74, 6) is -2.50. The fourth-order valence-electron chi connectivity index (χ4n) is 6.12. The molecule has 0 unspecified atom stereocenters. The van der Waals surface area contributed by atoms with Gasteiger partial charge in [-0.1, -0.05) is 35.2 Å². The lowest BCUT2D eigenvalue weighted by Gasteiger charge is -2.31. The Morgan fingerprint density at radius 1 is 1.00 bits per heavy atom. The van der Waals surface area contributed by atoms with Crippen LogP contribution in [0.5, 0.6) is 0 Å². The van der Waals surface area contributed by atoms with E-state index in [2.05, 4.69) is 18.7 Å². The maximum atomic E-state index is 14.1. The fourth-order valence-corrected chi connectivity index (χ4v) is 8.89. The molecule has 2 fully saturated rings. The van der Waals surface area contributed by atoms with E-state index in [0.717, 1.165) is 52.3 Å². The van der Waals surface area contributed by atoms with Gasteiger partial charge in [0.1, 0.15) is 11.8 Å². The van der Waals surface area contributed by atoms with Crippen LogP contribution in [0.1, 0.15) is 30.2 Å². The van der Waals surface area contributed by atoms with Gasteiger partial charge < -0.3 is 14.5 Å². The molecular weight excluding hydrogens is 606 g/mol. The summed E-state index contributed by atoms with van der Waals surface area (Å²) in [6, 6.07) is 13.2. The second-order valence-electron chi connectivity index (χ2n) is 10.7. The van der Waals surface area contributed by atoms with Gasteiger partial charge in [0, 0.05) is 54.8 Å². The Labute approximate surface area is 261 Å². The van der Waals surface area contributed by atoms with E-state index in [1.165, 1.54) is 28.8 Å². The molecule has 1 aromatic heterocycles. The van der Waals surface area contributed by atoms with Crippen LogP contribution < -0.4 is 14.7 Å². The van der Waals surface area contributed by atoms with Gasteiger partial charge in [-0.15, -0.1) is 0 Å². The molecule has 14 heteroatoms. The van der Waals surface area contributed by atoms with Crippen molar-refractivity contribution in [3.05, 3.63) is 78.8 Å². The zero-order valence-corrected chi connectivity index (χ0v) is 25.8.